The predicted octanol–water partition coefficient (Wildman–Crippen LogP) is 5.69. The molecule has 1 fully saturated rings. The summed E-state index contributed by atoms with van der Waals surface area (Å²) in [6.07, 6.45) is 10.7. The van der Waals surface area contributed by atoms with Gasteiger partial charge in [-0.1, -0.05) is 63.8 Å². The van der Waals surface area contributed by atoms with E-state index in [1.54, 1.807) is 0 Å². The lowest BCUT2D eigenvalue weighted by molar-refractivity contribution is -0.0198. The molecule has 2 unspecified atom stereocenters. The van der Waals surface area contributed by atoms with Crippen LogP contribution in [0.25, 0.3) is 0 Å². The van der Waals surface area contributed by atoms with E-state index < -0.39 is 0 Å². The van der Waals surface area contributed by atoms with Crippen LogP contribution in [0.4, 0.5) is 0 Å². The molecule has 0 bridgehead atoms. The van der Waals surface area contributed by atoms with E-state index in [0.717, 1.165) is 12.5 Å². The molecule has 1 aromatic rings. The van der Waals surface area contributed by atoms with Crippen LogP contribution in [0.5, 0.6) is 0 Å². The number of hydrogen-bond donors (Lipinski definition) is 0. The molecule has 0 radical (unpaired) electrons. The van der Waals surface area contributed by atoms with Crippen LogP contribution in [-0.4, -0.2) is 6.61 Å². The van der Waals surface area contributed by atoms with E-state index in [0.29, 0.717) is 6.10 Å². The smallest absolute Gasteiger partial charge is 0.0825 e. The maximum atomic E-state index is 6.11. The molecule has 1 aromatic carbocycles. The molecule has 0 saturated carbocycles. The zero-order chi connectivity index (χ0) is 14.2. The van der Waals surface area contributed by atoms with Gasteiger partial charge in [-0.2, -0.15) is 0 Å². The topological polar surface area (TPSA) is 9.23 Å². The highest BCUT2D eigenvalue weighted by atomic mass is 16.5. The number of ether oxygens (including phenoxy) is 1. The lowest BCUT2D eigenvalue weighted by Crippen LogP contribution is -2.20. The van der Waals surface area contributed by atoms with Crippen molar-refractivity contribution in [3.8, 4) is 0 Å². The standard InChI is InChI=1S/C19H30O/c1-3-5-6-8-17-11-14-19(20-15-17)18-12-9-16(7-4-2)10-13-18/h9-10,12-13,17,19H,3-8,11,14-15H2,1-2H3. The number of benzene rings is 1. The fourth-order valence-corrected chi connectivity index (χ4v) is 3.17. The van der Waals surface area contributed by atoms with Crippen LogP contribution >= 0.6 is 0 Å². The van der Waals surface area contributed by atoms with Gasteiger partial charge in [0.2, 0.25) is 0 Å². The summed E-state index contributed by atoms with van der Waals surface area (Å²) in [4.78, 5) is 0. The highest BCUT2D eigenvalue weighted by molar-refractivity contribution is 5.24. The summed E-state index contributed by atoms with van der Waals surface area (Å²) in [5.74, 6) is 0.803. The molecular weight excluding hydrogens is 244 g/mol. The van der Waals surface area contributed by atoms with Crippen LogP contribution in [0.1, 0.15) is 76.0 Å². The van der Waals surface area contributed by atoms with E-state index in [4.69, 9.17) is 4.74 Å². The average Bonchev–Trinajstić information content (AvgIpc) is 2.49. The Morgan fingerprint density at radius 1 is 1.00 bits per heavy atom. The van der Waals surface area contributed by atoms with Gasteiger partial charge < -0.3 is 4.74 Å². The Bertz CT molecular complexity index is 360. The molecule has 0 N–H and O–H groups in total. The van der Waals surface area contributed by atoms with Crippen molar-refractivity contribution in [2.75, 3.05) is 6.61 Å². The Morgan fingerprint density at radius 2 is 1.80 bits per heavy atom. The summed E-state index contributed by atoms with van der Waals surface area (Å²) in [5, 5.41) is 0. The molecule has 0 aromatic heterocycles. The molecule has 2 rings (SSSR count). The molecule has 1 saturated heterocycles. The molecule has 0 amide bonds. The van der Waals surface area contributed by atoms with Crippen LogP contribution in [0.3, 0.4) is 0 Å². The average molecular weight is 274 g/mol. The van der Waals surface area contributed by atoms with Crippen molar-refractivity contribution in [3.63, 3.8) is 0 Å². The number of rotatable bonds is 7. The van der Waals surface area contributed by atoms with Gasteiger partial charge in [-0.05, 0) is 42.7 Å². The van der Waals surface area contributed by atoms with Crippen LogP contribution in [0, 0.1) is 5.92 Å². The van der Waals surface area contributed by atoms with E-state index in [2.05, 4.69) is 38.1 Å². The van der Waals surface area contributed by atoms with E-state index in [1.165, 1.54) is 62.5 Å². The number of unbranched alkanes of at least 4 members (excludes halogenated alkanes) is 2. The first-order chi connectivity index (χ1) is 9.83. The van der Waals surface area contributed by atoms with Crippen LogP contribution in [0.2, 0.25) is 0 Å². The summed E-state index contributed by atoms with van der Waals surface area (Å²) in [7, 11) is 0. The van der Waals surface area contributed by atoms with E-state index in [1.807, 2.05) is 0 Å². The predicted molar refractivity (Wildman–Crippen MR) is 86.0 cm³/mol. The van der Waals surface area contributed by atoms with Crippen molar-refractivity contribution in [1.82, 2.24) is 0 Å². The molecule has 1 nitrogen and oxygen atoms in total. The Balaban J connectivity index is 1.78. The van der Waals surface area contributed by atoms with Crippen molar-refractivity contribution in [3.05, 3.63) is 35.4 Å². The second-order valence-electron chi connectivity index (χ2n) is 6.25. The largest absolute Gasteiger partial charge is 0.373 e. The fraction of sp³-hybridized carbons (Fsp3) is 0.684. The first-order valence-corrected chi connectivity index (χ1v) is 8.54. The Kier molecular flexibility index (Phi) is 6.59. The van der Waals surface area contributed by atoms with Crippen molar-refractivity contribution in [2.45, 2.75) is 71.3 Å². The molecule has 1 heterocycles. The first kappa shape index (κ1) is 15.6. The van der Waals surface area contributed by atoms with Gasteiger partial charge in [-0.3, -0.25) is 0 Å². The monoisotopic (exact) mass is 274 g/mol. The summed E-state index contributed by atoms with van der Waals surface area (Å²) in [5.41, 5.74) is 2.82. The van der Waals surface area contributed by atoms with Crippen molar-refractivity contribution in [2.24, 2.45) is 5.92 Å². The summed E-state index contributed by atoms with van der Waals surface area (Å²) < 4.78 is 6.11. The highest BCUT2D eigenvalue weighted by Gasteiger charge is 2.22. The van der Waals surface area contributed by atoms with Crippen LogP contribution in [0.15, 0.2) is 24.3 Å². The normalized spacial score (nSPS) is 22.9. The Morgan fingerprint density at radius 3 is 2.40 bits per heavy atom. The molecule has 20 heavy (non-hydrogen) atoms. The number of hydrogen-bond acceptors (Lipinski definition) is 1. The quantitative estimate of drug-likeness (QED) is 0.581. The van der Waals surface area contributed by atoms with Gasteiger partial charge in [0.05, 0.1) is 12.7 Å². The maximum absolute atomic E-state index is 6.11. The second kappa shape index (κ2) is 8.46. The third-order valence-corrected chi connectivity index (χ3v) is 4.48. The lowest BCUT2D eigenvalue weighted by Gasteiger charge is -2.29. The fourth-order valence-electron chi connectivity index (χ4n) is 3.17. The molecule has 1 heteroatoms. The molecule has 0 aliphatic carbocycles. The summed E-state index contributed by atoms with van der Waals surface area (Å²) in [6.45, 7) is 5.47. The van der Waals surface area contributed by atoms with E-state index >= 15 is 0 Å². The maximum Gasteiger partial charge on any atom is 0.0825 e. The molecular formula is C19H30O. The molecule has 0 spiro atoms. The zero-order valence-corrected chi connectivity index (χ0v) is 13.2. The van der Waals surface area contributed by atoms with Gasteiger partial charge in [0.15, 0.2) is 0 Å². The molecule has 112 valence electrons. The third-order valence-electron chi connectivity index (χ3n) is 4.48. The van der Waals surface area contributed by atoms with E-state index in [-0.39, 0.29) is 0 Å². The first-order valence-electron chi connectivity index (χ1n) is 8.54. The minimum atomic E-state index is 0.341. The SMILES string of the molecule is CCCCCC1CCC(c2ccc(CCC)cc2)OC1. The Labute approximate surface area is 124 Å². The highest BCUT2D eigenvalue weighted by Crippen LogP contribution is 2.32. The Hall–Kier alpha value is -0.820. The van der Waals surface area contributed by atoms with Gasteiger partial charge in [-0.15, -0.1) is 0 Å². The van der Waals surface area contributed by atoms with E-state index in [9.17, 15) is 0 Å². The third kappa shape index (κ3) is 4.63. The minimum Gasteiger partial charge on any atom is -0.373 e. The summed E-state index contributed by atoms with van der Waals surface area (Å²) in [6, 6.07) is 9.09. The second-order valence-corrected chi connectivity index (χ2v) is 6.25. The van der Waals surface area contributed by atoms with Crippen LogP contribution in [-0.2, 0) is 11.2 Å². The minimum absolute atomic E-state index is 0.341. The number of aryl methyl sites for hydroxylation is 1. The van der Waals surface area contributed by atoms with Crippen LogP contribution < -0.4 is 0 Å². The van der Waals surface area contributed by atoms with Gasteiger partial charge in [-0.25, -0.2) is 0 Å². The van der Waals surface area contributed by atoms with Gasteiger partial charge in [0.1, 0.15) is 0 Å². The molecule has 1 aliphatic rings. The van der Waals surface area contributed by atoms with Gasteiger partial charge in [0.25, 0.3) is 0 Å². The summed E-state index contributed by atoms with van der Waals surface area (Å²) >= 11 is 0. The lowest BCUT2D eigenvalue weighted by atomic mass is 9.90. The van der Waals surface area contributed by atoms with Gasteiger partial charge in [0, 0.05) is 0 Å². The van der Waals surface area contributed by atoms with Crippen molar-refractivity contribution in [1.29, 1.82) is 0 Å². The molecule has 1 aliphatic heterocycles. The van der Waals surface area contributed by atoms with Crippen molar-refractivity contribution < 1.29 is 4.74 Å². The van der Waals surface area contributed by atoms with Crippen molar-refractivity contribution >= 4 is 0 Å². The van der Waals surface area contributed by atoms with Gasteiger partial charge >= 0.3 is 0 Å². The molecule has 2 atom stereocenters. The zero-order valence-electron chi connectivity index (χ0n) is 13.2.